The Labute approximate surface area is 206 Å². The van der Waals surface area contributed by atoms with E-state index in [1.807, 2.05) is 0 Å². The SMILES string of the molecule is OC1CO[C@H]2[C@@H]1OC[C@H]2Oc1cc2nc(-c3c(F)cc(N4CCOCC4)cc3F)c(C(F)(F)F)cc2[nH]1. The Morgan fingerprint density at radius 2 is 1.70 bits per heavy atom. The van der Waals surface area contributed by atoms with E-state index in [1.54, 1.807) is 4.90 Å². The number of aromatic nitrogens is 2. The lowest BCUT2D eigenvalue weighted by Gasteiger charge is -2.29. The van der Waals surface area contributed by atoms with Crippen molar-refractivity contribution < 1.29 is 46.0 Å². The van der Waals surface area contributed by atoms with E-state index in [4.69, 9.17) is 18.9 Å². The number of H-pyrrole nitrogens is 1. The van der Waals surface area contributed by atoms with Crippen molar-refractivity contribution >= 4 is 16.7 Å². The van der Waals surface area contributed by atoms with Gasteiger partial charge in [-0.25, -0.2) is 13.8 Å². The van der Waals surface area contributed by atoms with Gasteiger partial charge in [-0.3, -0.25) is 0 Å². The Bertz CT molecular complexity index is 1300. The van der Waals surface area contributed by atoms with Crippen LogP contribution in [-0.2, 0) is 20.4 Å². The maximum absolute atomic E-state index is 15.2. The van der Waals surface area contributed by atoms with Gasteiger partial charge in [0.15, 0.2) is 12.0 Å². The van der Waals surface area contributed by atoms with Gasteiger partial charge in [-0.1, -0.05) is 0 Å². The average molecular weight is 527 g/mol. The fraction of sp³-hybridized carbons (Fsp3) is 0.458. The van der Waals surface area contributed by atoms with Crippen molar-refractivity contribution in [2.24, 2.45) is 0 Å². The van der Waals surface area contributed by atoms with Crippen LogP contribution in [0.2, 0.25) is 0 Å². The standard InChI is InChI=1S/C24H22F5N3O5/c25-13-5-11(32-1-3-34-4-2-32)6-14(26)20(13)21-12(24(27,28)29)7-15-16(31-21)8-19(30-15)37-18-10-36-22-17(33)9-35-23(18)22/h5-8,17-18,22-23,30,33H,1-4,9-10H2/t17?,18-,22-,23-/m1/s1. The minimum Gasteiger partial charge on any atom is -0.470 e. The molecule has 0 amide bonds. The third kappa shape index (κ3) is 4.39. The van der Waals surface area contributed by atoms with Crippen molar-refractivity contribution in [1.82, 2.24) is 9.97 Å². The van der Waals surface area contributed by atoms with Crippen LogP contribution in [0.3, 0.4) is 0 Å². The Balaban J connectivity index is 1.37. The topological polar surface area (TPSA) is 89.1 Å². The molecule has 0 aliphatic carbocycles. The largest absolute Gasteiger partial charge is 0.470 e. The molecule has 2 N–H and O–H groups in total. The second-order valence-electron chi connectivity index (χ2n) is 9.15. The number of hydrogen-bond acceptors (Lipinski definition) is 7. The van der Waals surface area contributed by atoms with Crippen LogP contribution in [0.5, 0.6) is 5.88 Å². The molecule has 0 saturated carbocycles. The first kappa shape index (κ1) is 24.3. The molecule has 0 radical (unpaired) electrons. The molecule has 3 aromatic rings. The summed E-state index contributed by atoms with van der Waals surface area (Å²) in [6.07, 6.45) is -7.44. The molecular formula is C24H22F5N3O5. The number of aromatic amines is 1. The molecule has 1 unspecified atom stereocenters. The zero-order valence-corrected chi connectivity index (χ0v) is 19.2. The van der Waals surface area contributed by atoms with Crippen molar-refractivity contribution in [2.75, 3.05) is 44.4 Å². The number of alkyl halides is 3. The highest BCUT2D eigenvalue weighted by molar-refractivity contribution is 5.83. The minimum absolute atomic E-state index is 0.0249. The van der Waals surface area contributed by atoms with Gasteiger partial charge in [0.1, 0.15) is 29.9 Å². The number of anilines is 1. The predicted octanol–water partition coefficient (Wildman–Crippen LogP) is 3.27. The highest BCUT2D eigenvalue weighted by Gasteiger charge is 2.48. The van der Waals surface area contributed by atoms with E-state index in [-0.39, 0.29) is 35.8 Å². The molecule has 3 fully saturated rings. The number of benzene rings is 1. The number of pyridine rings is 1. The van der Waals surface area contributed by atoms with Gasteiger partial charge in [0.25, 0.3) is 0 Å². The van der Waals surface area contributed by atoms with Crippen LogP contribution in [-0.4, -0.2) is 79.0 Å². The van der Waals surface area contributed by atoms with Gasteiger partial charge in [0.2, 0.25) is 0 Å². The van der Waals surface area contributed by atoms with E-state index in [2.05, 4.69) is 9.97 Å². The zero-order chi connectivity index (χ0) is 25.9. The molecular weight excluding hydrogens is 505 g/mol. The second-order valence-corrected chi connectivity index (χ2v) is 9.15. The molecule has 37 heavy (non-hydrogen) atoms. The van der Waals surface area contributed by atoms with Crippen LogP contribution in [0.1, 0.15) is 5.56 Å². The number of rotatable bonds is 4. The fourth-order valence-electron chi connectivity index (χ4n) is 5.00. The molecule has 13 heteroatoms. The van der Waals surface area contributed by atoms with E-state index in [9.17, 15) is 18.3 Å². The molecule has 3 aliphatic rings. The summed E-state index contributed by atoms with van der Waals surface area (Å²) in [6, 6.07) is 4.11. The van der Waals surface area contributed by atoms with Gasteiger partial charge in [-0.05, 0) is 18.2 Å². The Morgan fingerprint density at radius 1 is 1.00 bits per heavy atom. The molecule has 3 aliphatic heterocycles. The first-order valence-corrected chi connectivity index (χ1v) is 11.7. The van der Waals surface area contributed by atoms with E-state index in [0.717, 1.165) is 18.2 Å². The third-order valence-electron chi connectivity index (χ3n) is 6.78. The number of aliphatic hydroxyl groups excluding tert-OH is 1. The predicted molar refractivity (Wildman–Crippen MR) is 119 cm³/mol. The minimum atomic E-state index is -4.94. The summed E-state index contributed by atoms with van der Waals surface area (Å²) in [7, 11) is 0. The van der Waals surface area contributed by atoms with E-state index in [1.165, 1.54) is 6.07 Å². The maximum Gasteiger partial charge on any atom is 0.418 e. The highest BCUT2D eigenvalue weighted by atomic mass is 19.4. The van der Waals surface area contributed by atoms with Gasteiger partial charge >= 0.3 is 6.18 Å². The van der Waals surface area contributed by atoms with Crippen LogP contribution >= 0.6 is 0 Å². The number of fused-ring (bicyclic) bond motifs is 2. The summed E-state index contributed by atoms with van der Waals surface area (Å²) in [4.78, 5) is 8.42. The van der Waals surface area contributed by atoms with Crippen molar-refractivity contribution in [2.45, 2.75) is 30.6 Å². The normalized spacial score (nSPS) is 26.2. The summed E-state index contributed by atoms with van der Waals surface area (Å²) in [5.41, 5.74) is -2.81. The van der Waals surface area contributed by atoms with E-state index >= 15 is 8.78 Å². The Morgan fingerprint density at radius 3 is 2.41 bits per heavy atom. The van der Waals surface area contributed by atoms with Gasteiger partial charge in [0, 0.05) is 24.8 Å². The number of hydrogen-bond donors (Lipinski definition) is 2. The van der Waals surface area contributed by atoms with Crippen molar-refractivity contribution in [3.8, 4) is 17.1 Å². The number of ether oxygens (including phenoxy) is 4. The van der Waals surface area contributed by atoms with Gasteiger partial charge in [-0.15, -0.1) is 0 Å². The molecule has 198 valence electrons. The summed E-state index contributed by atoms with van der Waals surface area (Å²) in [5.74, 6) is -2.23. The molecule has 0 spiro atoms. The molecule has 8 nitrogen and oxygen atoms in total. The summed E-state index contributed by atoms with van der Waals surface area (Å²) in [5, 5.41) is 9.88. The maximum atomic E-state index is 15.2. The first-order valence-electron chi connectivity index (χ1n) is 11.7. The van der Waals surface area contributed by atoms with Crippen LogP contribution < -0.4 is 9.64 Å². The first-order chi connectivity index (χ1) is 17.7. The molecule has 5 heterocycles. The Kier molecular flexibility index (Phi) is 5.97. The third-order valence-corrected chi connectivity index (χ3v) is 6.78. The van der Waals surface area contributed by atoms with E-state index < -0.39 is 59.0 Å². The van der Waals surface area contributed by atoms with Gasteiger partial charge in [0.05, 0.1) is 54.3 Å². The van der Waals surface area contributed by atoms with Gasteiger partial charge in [-0.2, -0.15) is 13.2 Å². The summed E-state index contributed by atoms with van der Waals surface area (Å²) >= 11 is 0. The lowest BCUT2D eigenvalue weighted by molar-refractivity contribution is -0.137. The number of aliphatic hydroxyl groups is 1. The summed E-state index contributed by atoms with van der Waals surface area (Å²) in [6.45, 7) is 1.75. The van der Waals surface area contributed by atoms with Crippen LogP contribution in [0.4, 0.5) is 27.6 Å². The zero-order valence-electron chi connectivity index (χ0n) is 19.2. The molecule has 4 atom stereocenters. The van der Waals surface area contributed by atoms with Gasteiger partial charge < -0.3 is 33.9 Å². The second kappa shape index (κ2) is 9.08. The molecule has 1 aromatic carbocycles. The number of nitrogens with one attached hydrogen (secondary N) is 1. The average Bonchev–Trinajstić information content (AvgIpc) is 3.54. The lowest BCUT2D eigenvalue weighted by atomic mass is 10.0. The fourth-order valence-corrected chi connectivity index (χ4v) is 5.00. The van der Waals surface area contributed by atoms with Crippen LogP contribution in [0, 0.1) is 11.6 Å². The molecule has 6 rings (SSSR count). The lowest BCUT2D eigenvalue weighted by Crippen LogP contribution is -2.36. The number of halogens is 5. The monoisotopic (exact) mass is 527 g/mol. The quantitative estimate of drug-likeness (QED) is 0.504. The number of nitrogens with zero attached hydrogens (tertiary/aromatic N) is 2. The highest BCUT2D eigenvalue weighted by Crippen LogP contribution is 2.41. The van der Waals surface area contributed by atoms with Crippen molar-refractivity contribution in [3.63, 3.8) is 0 Å². The summed E-state index contributed by atoms with van der Waals surface area (Å²) < 4.78 is 94.4. The molecule has 2 aromatic heterocycles. The van der Waals surface area contributed by atoms with E-state index in [0.29, 0.717) is 26.3 Å². The molecule has 0 bridgehead atoms. The molecule has 3 saturated heterocycles. The van der Waals surface area contributed by atoms with Crippen molar-refractivity contribution in [1.29, 1.82) is 0 Å². The van der Waals surface area contributed by atoms with Crippen LogP contribution in [0.15, 0.2) is 24.3 Å². The Hall–Kier alpha value is -3.00. The van der Waals surface area contributed by atoms with Crippen LogP contribution in [0.25, 0.3) is 22.3 Å². The number of morpholine rings is 1. The smallest absolute Gasteiger partial charge is 0.418 e. The van der Waals surface area contributed by atoms with Crippen molar-refractivity contribution in [3.05, 3.63) is 41.5 Å².